The molecule has 0 amide bonds. The molecule has 0 fully saturated rings. The van der Waals surface area contributed by atoms with Gasteiger partial charge < -0.3 is 0 Å². The molecule has 0 aliphatic heterocycles. The largest absolute Gasteiger partial charge is 0.207 e. The molecule has 1 unspecified atom stereocenters. The van der Waals surface area contributed by atoms with Gasteiger partial charge in [-0.05, 0) is 37.5 Å². The molecule has 0 aromatic heterocycles. The van der Waals surface area contributed by atoms with E-state index in [-0.39, 0.29) is 5.82 Å². The smallest absolute Gasteiger partial charge is 0.126 e. The summed E-state index contributed by atoms with van der Waals surface area (Å²) in [5.74, 6) is -0.238. The summed E-state index contributed by atoms with van der Waals surface area (Å²) in [5.41, 5.74) is 0.799. The number of rotatable bonds is 2. The maximum Gasteiger partial charge on any atom is 0.126 e. The molecule has 1 atom stereocenters. The topological polar surface area (TPSA) is 23.8 Å². The fourth-order valence-electron chi connectivity index (χ4n) is 1.53. The minimum absolute atomic E-state index is 0.238. The van der Waals surface area contributed by atoms with Crippen molar-refractivity contribution in [3.05, 3.63) is 35.1 Å². The summed E-state index contributed by atoms with van der Waals surface area (Å²) < 4.78 is 13.3. The standard InChI is InChI=1S/C12H14FN/c1-4-12(3,8-14)10-6-5-7-11(13)9(10)2/h5-7H,4H2,1-3H3. The van der Waals surface area contributed by atoms with Crippen LogP contribution in [0.5, 0.6) is 0 Å². The summed E-state index contributed by atoms with van der Waals surface area (Å²) in [5, 5.41) is 9.08. The van der Waals surface area contributed by atoms with Gasteiger partial charge in [-0.2, -0.15) is 5.26 Å². The van der Waals surface area contributed by atoms with E-state index in [0.717, 1.165) is 5.56 Å². The van der Waals surface area contributed by atoms with Gasteiger partial charge in [-0.1, -0.05) is 19.1 Å². The first kappa shape index (κ1) is 10.7. The zero-order chi connectivity index (χ0) is 10.8. The summed E-state index contributed by atoms with van der Waals surface area (Å²) in [6, 6.07) is 7.15. The molecule has 1 aromatic carbocycles. The number of halogens is 1. The van der Waals surface area contributed by atoms with E-state index in [9.17, 15) is 4.39 Å². The van der Waals surface area contributed by atoms with Crippen molar-refractivity contribution in [2.24, 2.45) is 0 Å². The fraction of sp³-hybridized carbons (Fsp3) is 0.417. The van der Waals surface area contributed by atoms with Gasteiger partial charge in [0.2, 0.25) is 0 Å². The highest BCUT2D eigenvalue weighted by molar-refractivity contribution is 5.38. The summed E-state index contributed by atoms with van der Waals surface area (Å²) in [4.78, 5) is 0. The molecule has 0 saturated heterocycles. The minimum atomic E-state index is -0.577. The average molecular weight is 191 g/mol. The molecule has 0 heterocycles. The van der Waals surface area contributed by atoms with Gasteiger partial charge in [0.1, 0.15) is 5.82 Å². The van der Waals surface area contributed by atoms with E-state index in [1.54, 1.807) is 13.0 Å². The van der Waals surface area contributed by atoms with Crippen LogP contribution in [0.25, 0.3) is 0 Å². The molecule has 0 radical (unpaired) electrons. The second kappa shape index (κ2) is 3.79. The normalized spacial score (nSPS) is 14.5. The number of nitriles is 1. The highest BCUT2D eigenvalue weighted by Crippen LogP contribution is 2.30. The van der Waals surface area contributed by atoms with Crippen LogP contribution >= 0.6 is 0 Å². The van der Waals surface area contributed by atoms with Gasteiger partial charge in [-0.3, -0.25) is 0 Å². The van der Waals surface area contributed by atoms with Crippen LogP contribution in [0.15, 0.2) is 18.2 Å². The maximum absolute atomic E-state index is 13.3. The molecule has 1 nitrogen and oxygen atoms in total. The van der Waals surface area contributed by atoms with Gasteiger partial charge in [0.25, 0.3) is 0 Å². The van der Waals surface area contributed by atoms with Crippen molar-refractivity contribution < 1.29 is 4.39 Å². The maximum atomic E-state index is 13.3. The van der Waals surface area contributed by atoms with Gasteiger partial charge in [0, 0.05) is 0 Å². The van der Waals surface area contributed by atoms with Crippen molar-refractivity contribution in [3.8, 4) is 6.07 Å². The van der Waals surface area contributed by atoms with Gasteiger partial charge in [-0.15, -0.1) is 0 Å². The third-order valence-electron chi connectivity index (χ3n) is 2.82. The monoisotopic (exact) mass is 191 g/mol. The third-order valence-corrected chi connectivity index (χ3v) is 2.82. The first-order valence-corrected chi connectivity index (χ1v) is 4.72. The lowest BCUT2D eigenvalue weighted by Crippen LogP contribution is -2.19. The molecule has 14 heavy (non-hydrogen) atoms. The zero-order valence-corrected chi connectivity index (χ0v) is 8.76. The predicted octanol–water partition coefficient (Wildman–Crippen LogP) is 3.33. The van der Waals surface area contributed by atoms with Crippen molar-refractivity contribution in [1.29, 1.82) is 5.26 Å². The van der Waals surface area contributed by atoms with E-state index in [2.05, 4.69) is 6.07 Å². The van der Waals surface area contributed by atoms with Crippen molar-refractivity contribution in [3.63, 3.8) is 0 Å². The Morgan fingerprint density at radius 1 is 1.50 bits per heavy atom. The Morgan fingerprint density at radius 2 is 2.14 bits per heavy atom. The van der Waals surface area contributed by atoms with E-state index < -0.39 is 5.41 Å². The summed E-state index contributed by atoms with van der Waals surface area (Å²) in [6.07, 6.45) is 0.688. The Hall–Kier alpha value is -1.36. The number of hydrogen-bond acceptors (Lipinski definition) is 1. The molecule has 0 saturated carbocycles. The zero-order valence-electron chi connectivity index (χ0n) is 8.76. The van der Waals surface area contributed by atoms with E-state index in [0.29, 0.717) is 12.0 Å². The Morgan fingerprint density at radius 3 is 2.64 bits per heavy atom. The van der Waals surface area contributed by atoms with Crippen LogP contribution in [0.1, 0.15) is 31.4 Å². The first-order chi connectivity index (χ1) is 6.55. The molecule has 1 aromatic rings. The van der Waals surface area contributed by atoms with Crippen LogP contribution in [0.4, 0.5) is 4.39 Å². The van der Waals surface area contributed by atoms with E-state index in [1.165, 1.54) is 6.07 Å². The molecule has 0 spiro atoms. The second-order valence-electron chi connectivity index (χ2n) is 3.71. The number of nitrogens with zero attached hydrogens (tertiary/aromatic N) is 1. The number of hydrogen-bond donors (Lipinski definition) is 0. The number of benzene rings is 1. The molecule has 74 valence electrons. The third kappa shape index (κ3) is 1.63. The van der Waals surface area contributed by atoms with Crippen molar-refractivity contribution in [1.82, 2.24) is 0 Å². The molecule has 1 rings (SSSR count). The van der Waals surface area contributed by atoms with Crippen molar-refractivity contribution >= 4 is 0 Å². The molecular formula is C12H14FN. The van der Waals surface area contributed by atoms with E-state index in [4.69, 9.17) is 5.26 Å². The van der Waals surface area contributed by atoms with Crippen LogP contribution in [0.3, 0.4) is 0 Å². The summed E-state index contributed by atoms with van der Waals surface area (Å²) in [7, 11) is 0. The van der Waals surface area contributed by atoms with E-state index in [1.807, 2.05) is 19.9 Å². The highest BCUT2D eigenvalue weighted by atomic mass is 19.1. The van der Waals surface area contributed by atoms with Gasteiger partial charge in [-0.25, -0.2) is 4.39 Å². The lowest BCUT2D eigenvalue weighted by Gasteiger charge is -2.22. The van der Waals surface area contributed by atoms with Crippen LogP contribution in [0.2, 0.25) is 0 Å². The first-order valence-electron chi connectivity index (χ1n) is 4.72. The molecule has 0 bridgehead atoms. The van der Waals surface area contributed by atoms with Crippen molar-refractivity contribution in [2.75, 3.05) is 0 Å². The highest BCUT2D eigenvalue weighted by Gasteiger charge is 2.26. The molecule has 0 aliphatic carbocycles. The Balaban J connectivity index is 3.33. The van der Waals surface area contributed by atoms with Crippen molar-refractivity contribution in [2.45, 2.75) is 32.6 Å². The summed E-state index contributed by atoms with van der Waals surface area (Å²) in [6.45, 7) is 5.50. The molecular weight excluding hydrogens is 177 g/mol. The Bertz CT molecular complexity index is 378. The minimum Gasteiger partial charge on any atom is -0.207 e. The quantitative estimate of drug-likeness (QED) is 0.703. The molecule has 2 heteroatoms. The Kier molecular flexibility index (Phi) is 2.90. The predicted molar refractivity (Wildman–Crippen MR) is 54.4 cm³/mol. The summed E-state index contributed by atoms with van der Waals surface area (Å²) >= 11 is 0. The van der Waals surface area contributed by atoms with Gasteiger partial charge in [0.15, 0.2) is 0 Å². The van der Waals surface area contributed by atoms with Gasteiger partial charge >= 0.3 is 0 Å². The lowest BCUT2D eigenvalue weighted by molar-refractivity contribution is 0.563. The SMILES string of the molecule is CCC(C)(C#N)c1cccc(F)c1C. The Labute approximate surface area is 84.2 Å². The second-order valence-corrected chi connectivity index (χ2v) is 3.71. The van der Waals surface area contributed by atoms with E-state index >= 15 is 0 Å². The molecule has 0 N–H and O–H groups in total. The fourth-order valence-corrected chi connectivity index (χ4v) is 1.53. The average Bonchev–Trinajstić information content (AvgIpc) is 2.21. The lowest BCUT2D eigenvalue weighted by atomic mass is 9.79. The van der Waals surface area contributed by atoms with Crippen LogP contribution < -0.4 is 0 Å². The van der Waals surface area contributed by atoms with Crippen LogP contribution in [-0.4, -0.2) is 0 Å². The van der Waals surface area contributed by atoms with Gasteiger partial charge in [0.05, 0.1) is 11.5 Å². The van der Waals surface area contributed by atoms with Crippen LogP contribution in [-0.2, 0) is 5.41 Å². The molecule has 0 aliphatic rings. The van der Waals surface area contributed by atoms with Crippen LogP contribution in [0, 0.1) is 24.1 Å².